The molecule has 0 spiro atoms. The molecule has 186 valence electrons. The lowest BCUT2D eigenvalue weighted by molar-refractivity contribution is -0.117. The number of methoxy groups -OCH3 is 1. The highest BCUT2D eigenvalue weighted by atomic mass is 32.2. The van der Waals surface area contributed by atoms with Crippen molar-refractivity contribution in [1.29, 1.82) is 0 Å². The molecule has 1 aromatic heterocycles. The normalized spacial score (nSPS) is 14.3. The molecule has 35 heavy (non-hydrogen) atoms. The van der Waals surface area contributed by atoms with Gasteiger partial charge in [-0.1, -0.05) is 37.3 Å². The van der Waals surface area contributed by atoms with E-state index in [0.29, 0.717) is 23.4 Å². The van der Waals surface area contributed by atoms with Gasteiger partial charge < -0.3 is 19.6 Å². The highest BCUT2D eigenvalue weighted by Crippen LogP contribution is 2.52. The van der Waals surface area contributed by atoms with Crippen LogP contribution in [0, 0.1) is 0 Å². The van der Waals surface area contributed by atoms with Crippen LogP contribution < -0.4 is 4.74 Å². The molecule has 0 radical (unpaired) electrons. The monoisotopic (exact) mass is 495 g/mol. The summed E-state index contributed by atoms with van der Waals surface area (Å²) < 4.78 is 5.74. The van der Waals surface area contributed by atoms with Crippen LogP contribution >= 0.6 is 11.8 Å². The Kier molecular flexibility index (Phi) is 9.37. The Morgan fingerprint density at radius 3 is 2.43 bits per heavy atom. The topological polar surface area (TPSA) is 83.0 Å². The third-order valence-electron chi connectivity index (χ3n) is 5.87. The maximum atomic E-state index is 13.4. The van der Waals surface area contributed by atoms with Crippen molar-refractivity contribution >= 4 is 35.0 Å². The number of amides is 2. The van der Waals surface area contributed by atoms with Crippen LogP contribution in [0.1, 0.15) is 54.1 Å². The molecule has 0 saturated carbocycles. The van der Waals surface area contributed by atoms with Gasteiger partial charge in [-0.3, -0.25) is 14.6 Å². The number of aromatic nitrogens is 1. The number of phenols is 1. The van der Waals surface area contributed by atoms with Crippen molar-refractivity contribution in [3.8, 4) is 11.5 Å². The predicted molar refractivity (Wildman–Crippen MR) is 141 cm³/mol. The summed E-state index contributed by atoms with van der Waals surface area (Å²) in [6.45, 7) is 8.14. The van der Waals surface area contributed by atoms with Crippen molar-refractivity contribution in [2.75, 3.05) is 26.0 Å². The van der Waals surface area contributed by atoms with Gasteiger partial charge in [-0.2, -0.15) is 0 Å². The van der Waals surface area contributed by atoms with Gasteiger partial charge in [0, 0.05) is 36.8 Å². The lowest BCUT2D eigenvalue weighted by Gasteiger charge is -2.25. The summed E-state index contributed by atoms with van der Waals surface area (Å²) in [6.07, 6.45) is 3.46. The van der Waals surface area contributed by atoms with Crippen LogP contribution in [-0.4, -0.2) is 58.2 Å². The van der Waals surface area contributed by atoms with Crippen LogP contribution in [0.15, 0.2) is 48.7 Å². The van der Waals surface area contributed by atoms with E-state index in [1.54, 1.807) is 30.0 Å². The standard InChI is InChI=1S/C22H22N2O3S.C5H11NO/c1-3-12-28-22-17-16(21(26)24(22)13-14-8-5-4-6-9-14)19(25)18-15(20(17)27-2)10-7-11-23-18;1-3-6(4-2)5-7/h4-11,22,25H,3,12-13H2,1-2H3;5H,3-4H2,1-2H3. The summed E-state index contributed by atoms with van der Waals surface area (Å²) in [5.41, 5.74) is 2.51. The number of aromatic hydroxyl groups is 1. The van der Waals surface area contributed by atoms with Gasteiger partial charge in [0.2, 0.25) is 6.41 Å². The third-order valence-corrected chi connectivity index (χ3v) is 7.32. The molecule has 1 N–H and O–H groups in total. The van der Waals surface area contributed by atoms with E-state index in [1.165, 1.54) is 0 Å². The van der Waals surface area contributed by atoms with Gasteiger partial charge >= 0.3 is 0 Å². The van der Waals surface area contributed by atoms with Crippen LogP contribution in [0.5, 0.6) is 11.5 Å². The van der Waals surface area contributed by atoms with Crippen LogP contribution in [0.3, 0.4) is 0 Å². The fraction of sp³-hybridized carbons (Fsp3) is 0.370. The number of benzene rings is 2. The van der Waals surface area contributed by atoms with Crippen molar-refractivity contribution in [2.24, 2.45) is 0 Å². The van der Waals surface area contributed by atoms with Gasteiger partial charge in [-0.15, -0.1) is 11.8 Å². The number of fused-ring (bicyclic) bond motifs is 2. The first kappa shape index (κ1) is 26.3. The summed E-state index contributed by atoms with van der Waals surface area (Å²) in [5.74, 6) is 1.27. The van der Waals surface area contributed by atoms with Gasteiger partial charge in [0.1, 0.15) is 16.6 Å². The van der Waals surface area contributed by atoms with Gasteiger partial charge in [0.05, 0.1) is 12.7 Å². The van der Waals surface area contributed by atoms with E-state index in [4.69, 9.17) is 4.74 Å². The fourth-order valence-corrected chi connectivity index (χ4v) is 5.27. The Morgan fingerprint density at radius 1 is 1.14 bits per heavy atom. The van der Waals surface area contributed by atoms with Crippen molar-refractivity contribution < 1.29 is 19.4 Å². The van der Waals surface area contributed by atoms with Gasteiger partial charge in [0.15, 0.2) is 5.75 Å². The maximum Gasteiger partial charge on any atom is 0.259 e. The molecule has 3 aromatic rings. The van der Waals surface area contributed by atoms with Gasteiger partial charge in [-0.25, -0.2) is 0 Å². The average molecular weight is 496 g/mol. The number of hydrogen-bond donors (Lipinski definition) is 1. The van der Waals surface area contributed by atoms with E-state index < -0.39 is 0 Å². The third kappa shape index (κ3) is 5.53. The van der Waals surface area contributed by atoms with Crippen molar-refractivity contribution in [1.82, 2.24) is 14.8 Å². The second kappa shape index (κ2) is 12.4. The molecule has 0 bridgehead atoms. The molecule has 1 unspecified atom stereocenters. The molecule has 2 aromatic carbocycles. The van der Waals surface area contributed by atoms with E-state index in [9.17, 15) is 14.7 Å². The molecular formula is C27H33N3O4S. The zero-order valence-corrected chi connectivity index (χ0v) is 21.5. The Labute approximate surface area is 211 Å². The molecule has 0 saturated heterocycles. The number of thioether (sulfide) groups is 1. The number of ether oxygens (including phenoxy) is 1. The van der Waals surface area contributed by atoms with E-state index >= 15 is 0 Å². The van der Waals surface area contributed by atoms with Crippen LogP contribution in [0.25, 0.3) is 10.9 Å². The molecule has 2 heterocycles. The first-order valence-corrected chi connectivity index (χ1v) is 12.9. The maximum absolute atomic E-state index is 13.4. The molecule has 8 heteroatoms. The Morgan fingerprint density at radius 2 is 1.86 bits per heavy atom. The summed E-state index contributed by atoms with van der Waals surface area (Å²) >= 11 is 1.70. The quantitative estimate of drug-likeness (QED) is 0.409. The number of pyridine rings is 1. The molecule has 1 atom stereocenters. The average Bonchev–Trinajstić information content (AvgIpc) is 3.16. The number of rotatable bonds is 9. The first-order chi connectivity index (χ1) is 17.0. The molecule has 1 aliphatic heterocycles. The Balaban J connectivity index is 0.000000429. The zero-order chi connectivity index (χ0) is 25.4. The number of carbonyl (C=O) groups is 2. The summed E-state index contributed by atoms with van der Waals surface area (Å²) in [5, 5.41) is 11.4. The lowest BCUT2D eigenvalue weighted by Crippen LogP contribution is -2.26. The van der Waals surface area contributed by atoms with Crippen molar-refractivity contribution in [2.45, 2.75) is 39.1 Å². The minimum atomic E-state index is -0.215. The predicted octanol–water partition coefficient (Wildman–Crippen LogP) is 5.23. The van der Waals surface area contributed by atoms with Gasteiger partial charge in [-0.05, 0) is 43.7 Å². The molecule has 4 rings (SSSR count). The summed E-state index contributed by atoms with van der Waals surface area (Å²) in [4.78, 5) is 31.1. The highest BCUT2D eigenvalue weighted by Gasteiger charge is 2.43. The molecule has 0 fully saturated rings. The van der Waals surface area contributed by atoms with Crippen LogP contribution in [-0.2, 0) is 11.3 Å². The second-order valence-corrected chi connectivity index (χ2v) is 9.23. The van der Waals surface area contributed by atoms with Crippen LogP contribution in [0.4, 0.5) is 0 Å². The minimum Gasteiger partial charge on any atom is -0.505 e. The fourth-order valence-electron chi connectivity index (χ4n) is 4.07. The van der Waals surface area contributed by atoms with E-state index in [1.807, 2.05) is 61.2 Å². The smallest absolute Gasteiger partial charge is 0.259 e. The minimum absolute atomic E-state index is 0.0611. The molecule has 2 amide bonds. The summed E-state index contributed by atoms with van der Waals surface area (Å²) in [7, 11) is 1.60. The van der Waals surface area contributed by atoms with Crippen molar-refractivity contribution in [3.05, 3.63) is 65.4 Å². The van der Waals surface area contributed by atoms with E-state index in [2.05, 4.69) is 11.9 Å². The first-order valence-electron chi connectivity index (χ1n) is 11.9. The Hall–Kier alpha value is -3.26. The largest absolute Gasteiger partial charge is 0.505 e. The molecule has 0 aliphatic carbocycles. The SMILES string of the molecule is CCCSC1c2c(c(O)c3ncccc3c2OC)C(=O)N1Cc1ccccc1.CCN(C=O)CC. The number of carbonyl (C=O) groups excluding carboxylic acids is 2. The van der Waals surface area contributed by atoms with Crippen LogP contribution in [0.2, 0.25) is 0 Å². The lowest BCUT2D eigenvalue weighted by atomic mass is 10.0. The van der Waals surface area contributed by atoms with E-state index in [-0.39, 0.29) is 17.0 Å². The molecule has 1 aliphatic rings. The second-order valence-electron chi connectivity index (χ2n) is 8.04. The molecular weight excluding hydrogens is 462 g/mol. The Bertz CT molecular complexity index is 1150. The summed E-state index contributed by atoms with van der Waals surface area (Å²) in [6, 6.07) is 13.6. The highest BCUT2D eigenvalue weighted by molar-refractivity contribution is 7.99. The molecule has 7 nitrogen and oxygen atoms in total. The number of nitrogens with zero attached hydrogens (tertiary/aromatic N) is 3. The zero-order valence-electron chi connectivity index (χ0n) is 20.7. The van der Waals surface area contributed by atoms with Gasteiger partial charge in [0.25, 0.3) is 5.91 Å². The van der Waals surface area contributed by atoms with Crippen molar-refractivity contribution in [3.63, 3.8) is 0 Å². The number of hydrogen-bond acceptors (Lipinski definition) is 6. The number of phenolic OH excluding ortho intramolecular Hbond substituents is 1. The van der Waals surface area contributed by atoms with E-state index in [0.717, 1.165) is 48.2 Å².